The first kappa shape index (κ1) is 25.4. The van der Waals surface area contributed by atoms with Gasteiger partial charge in [0, 0.05) is 19.6 Å². The fourth-order valence-corrected chi connectivity index (χ4v) is 2.40. The van der Waals surface area contributed by atoms with Gasteiger partial charge in [-0.1, -0.05) is 6.07 Å². The molecule has 0 saturated carbocycles. The van der Waals surface area contributed by atoms with Crippen molar-refractivity contribution in [3.8, 4) is 11.5 Å². The van der Waals surface area contributed by atoms with E-state index >= 15 is 0 Å². The van der Waals surface area contributed by atoms with Crippen LogP contribution in [0.5, 0.6) is 11.5 Å². The molecular weight excluding hydrogens is 388 g/mol. The molecule has 1 amide bonds. The molecule has 0 aliphatic carbocycles. The van der Waals surface area contributed by atoms with E-state index in [1.165, 1.54) is 0 Å². The summed E-state index contributed by atoms with van der Waals surface area (Å²) in [5.74, 6) is 1.87. The van der Waals surface area contributed by atoms with Crippen molar-refractivity contribution in [1.29, 1.82) is 0 Å². The number of hydrogen-bond acceptors (Lipinski definition) is 6. The van der Waals surface area contributed by atoms with Gasteiger partial charge >= 0.3 is 6.09 Å². The summed E-state index contributed by atoms with van der Waals surface area (Å²) in [6, 6.07) is 5.58. The van der Waals surface area contributed by atoms with Gasteiger partial charge in [0.2, 0.25) is 0 Å². The Labute approximate surface area is 179 Å². The van der Waals surface area contributed by atoms with Crippen LogP contribution in [0.1, 0.15) is 39.7 Å². The second-order valence-electron chi connectivity index (χ2n) is 7.46. The van der Waals surface area contributed by atoms with E-state index in [1.807, 2.05) is 45.9 Å². The van der Waals surface area contributed by atoms with Gasteiger partial charge in [-0.3, -0.25) is 0 Å². The van der Waals surface area contributed by atoms with E-state index in [-0.39, 0.29) is 13.2 Å². The van der Waals surface area contributed by atoms with Gasteiger partial charge < -0.3 is 35.3 Å². The molecule has 0 aliphatic rings. The van der Waals surface area contributed by atoms with Gasteiger partial charge in [0.15, 0.2) is 17.5 Å². The van der Waals surface area contributed by atoms with Crippen molar-refractivity contribution in [3.63, 3.8) is 0 Å². The summed E-state index contributed by atoms with van der Waals surface area (Å²) in [7, 11) is 1.57. The number of carbonyl (C=O) groups excluding carboxylic acids is 1. The number of aliphatic imine (C=N–C) groups is 1. The van der Waals surface area contributed by atoms with Crippen LogP contribution >= 0.6 is 0 Å². The lowest BCUT2D eigenvalue weighted by Crippen LogP contribution is -2.39. The van der Waals surface area contributed by atoms with Crippen LogP contribution in [0.2, 0.25) is 0 Å². The Kier molecular flexibility index (Phi) is 11.4. The zero-order chi connectivity index (χ0) is 22.4. The number of benzene rings is 1. The van der Waals surface area contributed by atoms with Crippen LogP contribution < -0.4 is 25.4 Å². The van der Waals surface area contributed by atoms with Gasteiger partial charge in [0.05, 0.1) is 20.3 Å². The molecular formula is C21H36N4O5. The average Bonchev–Trinajstić information content (AvgIpc) is 2.69. The van der Waals surface area contributed by atoms with Gasteiger partial charge in [-0.05, 0) is 51.8 Å². The summed E-state index contributed by atoms with van der Waals surface area (Å²) in [5, 5.41) is 18.1. The van der Waals surface area contributed by atoms with E-state index in [9.17, 15) is 4.79 Å². The second kappa shape index (κ2) is 13.5. The minimum Gasteiger partial charge on any atom is -0.493 e. The number of methoxy groups -OCH3 is 1. The van der Waals surface area contributed by atoms with E-state index in [0.717, 1.165) is 18.5 Å². The summed E-state index contributed by atoms with van der Waals surface area (Å²) >= 11 is 0. The van der Waals surface area contributed by atoms with Crippen LogP contribution in [0.3, 0.4) is 0 Å². The highest BCUT2D eigenvalue weighted by atomic mass is 16.6. The maximum atomic E-state index is 11.6. The maximum Gasteiger partial charge on any atom is 0.407 e. The van der Waals surface area contributed by atoms with Gasteiger partial charge in [-0.15, -0.1) is 0 Å². The van der Waals surface area contributed by atoms with Crippen LogP contribution in [0.25, 0.3) is 0 Å². The summed E-state index contributed by atoms with van der Waals surface area (Å²) in [6.07, 6.45) is 0.317. The molecule has 0 heterocycles. The first-order valence-electron chi connectivity index (χ1n) is 10.2. The predicted octanol–water partition coefficient (Wildman–Crippen LogP) is 2.04. The van der Waals surface area contributed by atoms with Crippen molar-refractivity contribution in [1.82, 2.24) is 16.0 Å². The molecule has 4 N–H and O–H groups in total. The van der Waals surface area contributed by atoms with Crippen molar-refractivity contribution >= 4 is 12.1 Å². The van der Waals surface area contributed by atoms with Gasteiger partial charge in [-0.2, -0.15) is 0 Å². The highest BCUT2D eigenvalue weighted by molar-refractivity contribution is 5.79. The van der Waals surface area contributed by atoms with E-state index in [0.29, 0.717) is 37.1 Å². The standard InChI is InChI=1S/C21H36N4O5/c1-6-22-19(23-10-7-11-24-20(27)30-21(2,3)4)25-15-16-8-9-17(29-13-12-26)18(14-16)28-5/h8-9,14,26H,6-7,10-13,15H2,1-5H3,(H,24,27)(H2,22,23,25). The number of aliphatic hydroxyl groups excluding tert-OH is 1. The minimum atomic E-state index is -0.501. The van der Waals surface area contributed by atoms with E-state index in [4.69, 9.17) is 19.3 Å². The average molecular weight is 425 g/mol. The molecule has 170 valence electrons. The number of aliphatic hydroxyl groups is 1. The summed E-state index contributed by atoms with van der Waals surface area (Å²) < 4.78 is 16.0. The molecule has 0 atom stereocenters. The Morgan fingerprint density at radius 1 is 1.13 bits per heavy atom. The highest BCUT2D eigenvalue weighted by Crippen LogP contribution is 2.28. The Hall–Kier alpha value is -2.68. The Morgan fingerprint density at radius 2 is 1.87 bits per heavy atom. The molecule has 1 aromatic rings. The molecule has 0 spiro atoms. The third kappa shape index (κ3) is 10.8. The van der Waals surface area contributed by atoms with Crippen molar-refractivity contribution in [3.05, 3.63) is 23.8 Å². The SMILES string of the molecule is CCNC(=NCc1ccc(OCCO)c(OC)c1)NCCCNC(=O)OC(C)(C)C. The zero-order valence-electron chi connectivity index (χ0n) is 18.7. The molecule has 0 aliphatic heterocycles. The van der Waals surface area contributed by atoms with Crippen LogP contribution in [0, 0.1) is 0 Å². The lowest BCUT2D eigenvalue weighted by Gasteiger charge is -2.19. The monoisotopic (exact) mass is 424 g/mol. The molecule has 1 rings (SSSR count). The molecule has 0 unspecified atom stereocenters. The lowest BCUT2D eigenvalue weighted by molar-refractivity contribution is 0.0527. The van der Waals surface area contributed by atoms with Crippen LogP contribution in [-0.4, -0.2) is 62.7 Å². The molecule has 9 nitrogen and oxygen atoms in total. The van der Waals surface area contributed by atoms with Gasteiger partial charge in [0.1, 0.15) is 12.2 Å². The summed E-state index contributed by atoms with van der Waals surface area (Å²) in [4.78, 5) is 16.2. The Bertz CT molecular complexity index is 674. The number of ether oxygens (including phenoxy) is 3. The van der Waals surface area contributed by atoms with Crippen LogP contribution in [0.4, 0.5) is 4.79 Å². The third-order valence-electron chi connectivity index (χ3n) is 3.66. The fraction of sp³-hybridized carbons (Fsp3) is 0.619. The summed E-state index contributed by atoms with van der Waals surface area (Å²) in [6.45, 7) is 10.0. The summed E-state index contributed by atoms with van der Waals surface area (Å²) in [5.41, 5.74) is 0.464. The molecule has 30 heavy (non-hydrogen) atoms. The van der Waals surface area contributed by atoms with Crippen molar-refractivity contribution < 1.29 is 24.1 Å². The maximum absolute atomic E-state index is 11.6. The molecule has 0 radical (unpaired) electrons. The van der Waals surface area contributed by atoms with E-state index < -0.39 is 11.7 Å². The third-order valence-corrected chi connectivity index (χ3v) is 3.66. The Balaban J connectivity index is 2.51. The quantitative estimate of drug-likeness (QED) is 0.244. The number of carbonyl (C=O) groups is 1. The predicted molar refractivity (Wildman–Crippen MR) is 117 cm³/mol. The number of nitrogens with one attached hydrogen (secondary N) is 3. The number of amides is 1. The van der Waals surface area contributed by atoms with Crippen LogP contribution in [0.15, 0.2) is 23.2 Å². The second-order valence-corrected chi connectivity index (χ2v) is 7.46. The van der Waals surface area contributed by atoms with Crippen LogP contribution in [-0.2, 0) is 11.3 Å². The van der Waals surface area contributed by atoms with Gasteiger partial charge in [-0.25, -0.2) is 9.79 Å². The normalized spacial score (nSPS) is 11.6. The first-order valence-corrected chi connectivity index (χ1v) is 10.2. The molecule has 0 saturated heterocycles. The van der Waals surface area contributed by atoms with Crippen molar-refractivity contribution in [2.45, 2.75) is 46.3 Å². The number of rotatable bonds is 11. The number of hydrogen-bond donors (Lipinski definition) is 4. The van der Waals surface area contributed by atoms with Crippen molar-refractivity contribution in [2.75, 3.05) is 40.0 Å². The van der Waals surface area contributed by atoms with E-state index in [2.05, 4.69) is 20.9 Å². The molecule has 9 heteroatoms. The molecule has 0 aromatic heterocycles. The largest absolute Gasteiger partial charge is 0.493 e. The fourth-order valence-electron chi connectivity index (χ4n) is 2.40. The number of nitrogens with zero attached hydrogens (tertiary/aromatic N) is 1. The molecule has 0 bridgehead atoms. The van der Waals surface area contributed by atoms with Crippen molar-refractivity contribution in [2.24, 2.45) is 4.99 Å². The van der Waals surface area contributed by atoms with E-state index in [1.54, 1.807) is 7.11 Å². The molecule has 1 aromatic carbocycles. The smallest absolute Gasteiger partial charge is 0.407 e. The number of alkyl carbamates (subject to hydrolysis) is 1. The van der Waals surface area contributed by atoms with Gasteiger partial charge in [0.25, 0.3) is 0 Å². The lowest BCUT2D eigenvalue weighted by atomic mass is 10.2. The highest BCUT2D eigenvalue weighted by Gasteiger charge is 2.15. The molecule has 0 fully saturated rings. The first-order chi connectivity index (χ1) is 14.3. The Morgan fingerprint density at radius 3 is 2.50 bits per heavy atom. The number of guanidine groups is 1. The topological polar surface area (TPSA) is 113 Å². The minimum absolute atomic E-state index is 0.0553. The zero-order valence-corrected chi connectivity index (χ0v) is 18.7.